The van der Waals surface area contributed by atoms with E-state index < -0.39 is 0 Å². The van der Waals surface area contributed by atoms with Crippen molar-refractivity contribution < 1.29 is 0 Å². The van der Waals surface area contributed by atoms with Gasteiger partial charge in [0, 0.05) is 38.5 Å². The Bertz CT molecular complexity index is 3550. The lowest BCUT2D eigenvalue weighted by atomic mass is 10.0. The molecule has 58 heavy (non-hydrogen) atoms. The highest BCUT2D eigenvalue weighted by Gasteiger charge is 2.20. The van der Waals surface area contributed by atoms with Crippen LogP contribution in [0.4, 0.5) is 0 Å². The zero-order chi connectivity index (χ0) is 38.2. The normalized spacial score (nSPS) is 11.8. The average Bonchev–Trinajstić information content (AvgIpc) is 3.57. The van der Waals surface area contributed by atoms with Crippen molar-refractivity contribution in [2.45, 2.75) is 0 Å². The Morgan fingerprint density at radius 3 is 1.71 bits per heavy atom. The zero-order valence-electron chi connectivity index (χ0n) is 31.3. The first-order valence-corrected chi connectivity index (χ1v) is 19.6. The molecule has 5 heteroatoms. The SMILES string of the molecule is c1ccc(-c2cc(-c3nc(-c4ccccc4)nc(-c4ccc5ccccc5c4)n3)cc(-n3c4cccc5ccc6c7ccccc7n(c7ccccc73)c6c54)c2)cc1. The van der Waals surface area contributed by atoms with Crippen LogP contribution in [0.25, 0.3) is 111 Å². The van der Waals surface area contributed by atoms with Gasteiger partial charge in [0.2, 0.25) is 0 Å². The first-order valence-electron chi connectivity index (χ1n) is 19.6. The summed E-state index contributed by atoms with van der Waals surface area (Å²) in [4.78, 5) is 15.6. The van der Waals surface area contributed by atoms with E-state index in [1.807, 2.05) is 18.2 Å². The van der Waals surface area contributed by atoms with E-state index in [-0.39, 0.29) is 0 Å². The molecule has 0 unspecified atom stereocenters. The van der Waals surface area contributed by atoms with Crippen molar-refractivity contribution in [3.63, 3.8) is 0 Å². The van der Waals surface area contributed by atoms with Gasteiger partial charge in [-0.3, -0.25) is 0 Å². The number of hydrogen-bond acceptors (Lipinski definition) is 3. The fourth-order valence-corrected chi connectivity index (χ4v) is 8.84. The van der Waals surface area contributed by atoms with Gasteiger partial charge in [-0.2, -0.15) is 0 Å². The summed E-state index contributed by atoms with van der Waals surface area (Å²) in [5.41, 5.74) is 11.7. The van der Waals surface area contributed by atoms with Gasteiger partial charge in [-0.25, -0.2) is 15.0 Å². The largest absolute Gasteiger partial charge is 0.308 e. The van der Waals surface area contributed by atoms with Crippen LogP contribution in [-0.2, 0) is 0 Å². The number of hydrogen-bond donors (Lipinski definition) is 0. The Morgan fingerprint density at radius 2 is 0.897 bits per heavy atom. The second kappa shape index (κ2) is 12.8. The van der Waals surface area contributed by atoms with Crippen LogP contribution in [0, 0.1) is 0 Å². The van der Waals surface area contributed by atoms with E-state index in [1.165, 1.54) is 38.0 Å². The Balaban J connectivity index is 1.19. The summed E-state index contributed by atoms with van der Waals surface area (Å²) < 4.78 is 4.89. The van der Waals surface area contributed by atoms with Gasteiger partial charge >= 0.3 is 0 Å². The molecule has 270 valence electrons. The van der Waals surface area contributed by atoms with Crippen LogP contribution >= 0.6 is 0 Å². The van der Waals surface area contributed by atoms with Crippen molar-refractivity contribution >= 4 is 59.9 Å². The molecule has 0 saturated carbocycles. The highest BCUT2D eigenvalue weighted by atomic mass is 15.0. The third-order valence-electron chi connectivity index (χ3n) is 11.5. The highest BCUT2D eigenvalue weighted by molar-refractivity contribution is 6.23. The topological polar surface area (TPSA) is 48.0 Å². The minimum Gasteiger partial charge on any atom is -0.308 e. The fraction of sp³-hybridized carbons (Fsp3) is 0. The lowest BCUT2D eigenvalue weighted by Crippen LogP contribution is -2.02. The number of aromatic nitrogens is 5. The first-order chi connectivity index (χ1) is 28.7. The minimum absolute atomic E-state index is 0.608. The minimum atomic E-state index is 0.608. The number of benzene rings is 9. The van der Waals surface area contributed by atoms with Gasteiger partial charge in [-0.15, -0.1) is 0 Å². The molecule has 0 radical (unpaired) electrons. The first kappa shape index (κ1) is 32.4. The smallest absolute Gasteiger partial charge is 0.164 e. The predicted molar refractivity (Wildman–Crippen MR) is 239 cm³/mol. The molecule has 0 bridgehead atoms. The maximum absolute atomic E-state index is 5.27. The summed E-state index contributed by atoms with van der Waals surface area (Å²) in [6.07, 6.45) is 0. The molecule has 0 N–H and O–H groups in total. The summed E-state index contributed by atoms with van der Waals surface area (Å²) in [6, 6.07) is 71.1. The number of rotatable bonds is 5. The Hall–Kier alpha value is -7.89. The highest BCUT2D eigenvalue weighted by Crippen LogP contribution is 2.41. The Morgan fingerprint density at radius 1 is 0.310 bits per heavy atom. The molecule has 12 aromatic rings. The van der Waals surface area contributed by atoms with Crippen LogP contribution in [0.15, 0.2) is 200 Å². The average molecular weight is 740 g/mol. The van der Waals surface area contributed by atoms with Crippen molar-refractivity contribution in [3.05, 3.63) is 200 Å². The van der Waals surface area contributed by atoms with E-state index in [4.69, 9.17) is 15.0 Å². The van der Waals surface area contributed by atoms with E-state index in [9.17, 15) is 0 Å². The molecule has 0 aliphatic rings. The van der Waals surface area contributed by atoms with Crippen molar-refractivity contribution in [2.75, 3.05) is 0 Å². The molecule has 0 aliphatic heterocycles. The van der Waals surface area contributed by atoms with Crippen LogP contribution in [-0.4, -0.2) is 23.9 Å². The molecule has 9 aromatic carbocycles. The third-order valence-corrected chi connectivity index (χ3v) is 11.5. The van der Waals surface area contributed by atoms with E-state index >= 15 is 0 Å². The summed E-state index contributed by atoms with van der Waals surface area (Å²) in [5.74, 6) is 1.86. The fourth-order valence-electron chi connectivity index (χ4n) is 8.84. The van der Waals surface area contributed by atoms with Gasteiger partial charge in [0.05, 0.1) is 27.6 Å². The van der Waals surface area contributed by atoms with Gasteiger partial charge in [-0.1, -0.05) is 152 Å². The van der Waals surface area contributed by atoms with E-state index in [0.717, 1.165) is 55.4 Å². The number of nitrogens with zero attached hydrogens (tertiary/aromatic N) is 5. The molecule has 0 saturated heterocycles. The quantitative estimate of drug-likeness (QED) is 0.177. The summed E-state index contributed by atoms with van der Waals surface area (Å²) in [7, 11) is 0. The molecule has 0 amide bonds. The number of fused-ring (bicyclic) bond motifs is 6. The van der Waals surface area contributed by atoms with Crippen LogP contribution in [0.3, 0.4) is 0 Å². The zero-order valence-corrected chi connectivity index (χ0v) is 31.3. The van der Waals surface area contributed by atoms with E-state index in [0.29, 0.717) is 17.5 Å². The van der Waals surface area contributed by atoms with Crippen LogP contribution < -0.4 is 0 Å². The summed E-state index contributed by atoms with van der Waals surface area (Å²) >= 11 is 0. The lowest BCUT2D eigenvalue weighted by Gasteiger charge is -2.16. The Labute approximate surface area is 333 Å². The second-order valence-electron chi connectivity index (χ2n) is 14.9. The molecule has 12 rings (SSSR count). The summed E-state index contributed by atoms with van der Waals surface area (Å²) in [5, 5.41) is 7.20. The number of para-hydroxylation sites is 3. The monoisotopic (exact) mass is 739 g/mol. The third kappa shape index (κ3) is 5.07. The van der Waals surface area contributed by atoms with Gasteiger partial charge in [0.1, 0.15) is 0 Å². The van der Waals surface area contributed by atoms with Crippen molar-refractivity contribution in [2.24, 2.45) is 0 Å². The van der Waals surface area contributed by atoms with Crippen molar-refractivity contribution in [3.8, 4) is 51.0 Å². The molecular weight excluding hydrogens is 707 g/mol. The predicted octanol–water partition coefficient (Wildman–Crippen LogP) is 13.3. The lowest BCUT2D eigenvalue weighted by molar-refractivity contribution is 1.07. The van der Waals surface area contributed by atoms with Crippen molar-refractivity contribution in [1.29, 1.82) is 0 Å². The molecule has 3 aromatic heterocycles. The van der Waals surface area contributed by atoms with Crippen LogP contribution in [0.5, 0.6) is 0 Å². The van der Waals surface area contributed by atoms with Crippen LogP contribution in [0.2, 0.25) is 0 Å². The van der Waals surface area contributed by atoms with E-state index in [1.54, 1.807) is 0 Å². The van der Waals surface area contributed by atoms with Gasteiger partial charge in [-0.05, 0) is 75.8 Å². The molecule has 3 heterocycles. The van der Waals surface area contributed by atoms with E-state index in [2.05, 4.69) is 191 Å². The van der Waals surface area contributed by atoms with Gasteiger partial charge in [0.25, 0.3) is 0 Å². The van der Waals surface area contributed by atoms with Gasteiger partial charge < -0.3 is 8.97 Å². The maximum Gasteiger partial charge on any atom is 0.164 e. The van der Waals surface area contributed by atoms with Crippen molar-refractivity contribution in [1.82, 2.24) is 23.9 Å². The maximum atomic E-state index is 5.27. The standard InChI is InChI=1S/C53H33N5/c1-3-14-34(15-4-1)40-31-41(53-55-51(37-17-5-2-6-18-37)54-52(56-53)39-27-26-35-16-7-8-19-38(35)30-39)33-42(32-40)57-46-23-11-12-24-47(46)58-45-22-10-9-21-43(45)44-29-28-36-20-13-25-48(57)49(36)50(44)58/h1-33H. The Kier molecular flexibility index (Phi) is 7.16. The summed E-state index contributed by atoms with van der Waals surface area (Å²) in [6.45, 7) is 0. The van der Waals surface area contributed by atoms with Crippen LogP contribution in [0.1, 0.15) is 0 Å². The molecular formula is C53H33N5. The molecule has 0 atom stereocenters. The van der Waals surface area contributed by atoms with Gasteiger partial charge in [0.15, 0.2) is 17.5 Å². The molecule has 0 spiro atoms. The molecule has 0 aliphatic carbocycles. The second-order valence-corrected chi connectivity index (χ2v) is 14.9. The molecule has 0 fully saturated rings. The molecule has 5 nitrogen and oxygen atoms in total.